The molecule has 1 aromatic carbocycles. The van der Waals surface area contributed by atoms with Crippen LogP contribution in [0, 0.1) is 0 Å². The minimum absolute atomic E-state index is 0.248. The zero-order valence-electron chi connectivity index (χ0n) is 11.0. The van der Waals surface area contributed by atoms with E-state index in [-0.39, 0.29) is 12.7 Å². The second-order valence-electron chi connectivity index (χ2n) is 4.76. The first-order valence-corrected chi connectivity index (χ1v) is 7.36. The van der Waals surface area contributed by atoms with E-state index in [9.17, 15) is 0 Å². The van der Waals surface area contributed by atoms with Crippen molar-refractivity contribution in [1.29, 1.82) is 0 Å². The molecule has 0 unspecified atom stereocenters. The maximum absolute atomic E-state index is 6.18. The van der Waals surface area contributed by atoms with Crippen LogP contribution in [0.5, 0.6) is 11.5 Å². The van der Waals surface area contributed by atoms with Crippen molar-refractivity contribution in [3.05, 3.63) is 33.5 Å². The van der Waals surface area contributed by atoms with Crippen molar-refractivity contribution in [1.82, 2.24) is 9.97 Å². The second kappa shape index (κ2) is 5.22. The van der Waals surface area contributed by atoms with Gasteiger partial charge in [0.2, 0.25) is 6.79 Å². The van der Waals surface area contributed by atoms with E-state index < -0.39 is 0 Å². The van der Waals surface area contributed by atoms with E-state index in [1.54, 1.807) is 0 Å². The predicted octanol–water partition coefficient (Wildman–Crippen LogP) is 4.41. The lowest BCUT2D eigenvalue weighted by atomic mass is 10.1. The van der Waals surface area contributed by atoms with E-state index in [2.05, 4.69) is 39.7 Å². The standard InChI is InChI=1S/C14H12BrClN2O2/c1-7(2)12-11(15)13(16)18-14(17-12)8-3-4-9-10(5-8)20-6-19-9/h3-5,7H,6H2,1-2H3. The Morgan fingerprint density at radius 1 is 1.20 bits per heavy atom. The lowest BCUT2D eigenvalue weighted by Crippen LogP contribution is -2.00. The van der Waals surface area contributed by atoms with Gasteiger partial charge in [-0.05, 0) is 40.0 Å². The van der Waals surface area contributed by atoms with Gasteiger partial charge in [-0.25, -0.2) is 9.97 Å². The summed E-state index contributed by atoms with van der Waals surface area (Å²) in [6.07, 6.45) is 0. The van der Waals surface area contributed by atoms with E-state index in [1.165, 1.54) is 0 Å². The summed E-state index contributed by atoms with van der Waals surface area (Å²) in [5, 5.41) is 0.413. The molecular formula is C14H12BrClN2O2. The number of hydrogen-bond acceptors (Lipinski definition) is 4. The zero-order valence-corrected chi connectivity index (χ0v) is 13.3. The molecule has 0 saturated heterocycles. The molecule has 0 atom stereocenters. The normalized spacial score (nSPS) is 13.1. The van der Waals surface area contributed by atoms with Crippen LogP contribution in [-0.2, 0) is 0 Å². The molecule has 4 nitrogen and oxygen atoms in total. The molecule has 20 heavy (non-hydrogen) atoms. The third-order valence-corrected chi connectivity index (χ3v) is 4.30. The number of aromatic nitrogens is 2. The van der Waals surface area contributed by atoms with Gasteiger partial charge in [0.1, 0.15) is 5.15 Å². The first-order valence-electron chi connectivity index (χ1n) is 6.19. The maximum Gasteiger partial charge on any atom is 0.231 e. The van der Waals surface area contributed by atoms with Crippen molar-refractivity contribution >= 4 is 27.5 Å². The van der Waals surface area contributed by atoms with Gasteiger partial charge in [0.05, 0.1) is 10.2 Å². The molecule has 6 heteroatoms. The number of nitrogens with zero attached hydrogens (tertiary/aromatic N) is 2. The number of benzene rings is 1. The van der Waals surface area contributed by atoms with Crippen LogP contribution in [0.4, 0.5) is 0 Å². The zero-order chi connectivity index (χ0) is 14.3. The minimum Gasteiger partial charge on any atom is -0.454 e. The number of hydrogen-bond donors (Lipinski definition) is 0. The van der Waals surface area contributed by atoms with Crippen molar-refractivity contribution in [3.8, 4) is 22.9 Å². The van der Waals surface area contributed by atoms with Crippen molar-refractivity contribution in [2.45, 2.75) is 19.8 Å². The van der Waals surface area contributed by atoms with E-state index in [0.29, 0.717) is 16.7 Å². The number of halogens is 2. The third-order valence-electron chi connectivity index (χ3n) is 3.01. The highest BCUT2D eigenvalue weighted by Crippen LogP contribution is 2.36. The van der Waals surface area contributed by atoms with Crippen LogP contribution in [-0.4, -0.2) is 16.8 Å². The summed E-state index contributed by atoms with van der Waals surface area (Å²) in [5.74, 6) is 2.27. The van der Waals surface area contributed by atoms with Gasteiger partial charge in [-0.2, -0.15) is 0 Å². The van der Waals surface area contributed by atoms with Gasteiger partial charge in [-0.3, -0.25) is 0 Å². The highest BCUT2D eigenvalue weighted by molar-refractivity contribution is 9.10. The Kier molecular flexibility index (Phi) is 3.56. The largest absolute Gasteiger partial charge is 0.454 e. The molecule has 1 aromatic heterocycles. The fourth-order valence-corrected chi connectivity index (χ4v) is 2.80. The topological polar surface area (TPSA) is 44.2 Å². The van der Waals surface area contributed by atoms with Crippen molar-refractivity contribution in [3.63, 3.8) is 0 Å². The van der Waals surface area contributed by atoms with Crippen LogP contribution in [0.2, 0.25) is 5.15 Å². The van der Waals surface area contributed by atoms with E-state index in [1.807, 2.05) is 18.2 Å². The summed E-state index contributed by atoms with van der Waals surface area (Å²) in [5.41, 5.74) is 1.74. The van der Waals surface area contributed by atoms with E-state index in [4.69, 9.17) is 21.1 Å². The number of ether oxygens (including phenoxy) is 2. The quantitative estimate of drug-likeness (QED) is 0.748. The number of fused-ring (bicyclic) bond motifs is 1. The van der Waals surface area contributed by atoms with Crippen LogP contribution in [0.25, 0.3) is 11.4 Å². The summed E-state index contributed by atoms with van der Waals surface area (Å²) in [7, 11) is 0. The van der Waals surface area contributed by atoms with Crippen molar-refractivity contribution in [2.75, 3.05) is 6.79 Å². The van der Waals surface area contributed by atoms with Crippen LogP contribution in [0.1, 0.15) is 25.5 Å². The van der Waals surface area contributed by atoms with Crippen molar-refractivity contribution in [2.24, 2.45) is 0 Å². The smallest absolute Gasteiger partial charge is 0.231 e. The van der Waals surface area contributed by atoms with Crippen LogP contribution < -0.4 is 9.47 Å². The minimum atomic E-state index is 0.248. The Morgan fingerprint density at radius 2 is 1.95 bits per heavy atom. The molecular weight excluding hydrogens is 344 g/mol. The Bertz CT molecular complexity index is 676. The molecule has 104 valence electrons. The van der Waals surface area contributed by atoms with Crippen LogP contribution >= 0.6 is 27.5 Å². The van der Waals surface area contributed by atoms with Crippen molar-refractivity contribution < 1.29 is 9.47 Å². The highest BCUT2D eigenvalue weighted by atomic mass is 79.9. The Labute approximate surface area is 130 Å². The van der Waals surface area contributed by atoms with Gasteiger partial charge < -0.3 is 9.47 Å². The summed E-state index contributed by atoms with van der Waals surface area (Å²) < 4.78 is 11.4. The van der Waals surface area contributed by atoms with Crippen LogP contribution in [0.3, 0.4) is 0 Å². The van der Waals surface area contributed by atoms with E-state index >= 15 is 0 Å². The summed E-state index contributed by atoms with van der Waals surface area (Å²) in [6.45, 7) is 4.37. The molecule has 1 aliphatic heterocycles. The van der Waals surface area contributed by atoms with Gasteiger partial charge in [0.15, 0.2) is 17.3 Å². The number of rotatable bonds is 2. The molecule has 0 radical (unpaired) electrons. The van der Waals surface area contributed by atoms with E-state index in [0.717, 1.165) is 21.5 Å². The van der Waals surface area contributed by atoms with Gasteiger partial charge in [0, 0.05) is 5.56 Å². The fraction of sp³-hybridized carbons (Fsp3) is 0.286. The monoisotopic (exact) mass is 354 g/mol. The Hall–Kier alpha value is -1.33. The Morgan fingerprint density at radius 3 is 2.70 bits per heavy atom. The first kappa shape index (κ1) is 13.6. The van der Waals surface area contributed by atoms with Gasteiger partial charge in [-0.15, -0.1) is 0 Å². The summed E-state index contributed by atoms with van der Waals surface area (Å²) in [6, 6.07) is 5.62. The summed E-state index contributed by atoms with van der Waals surface area (Å²) >= 11 is 9.61. The second-order valence-corrected chi connectivity index (χ2v) is 5.91. The molecule has 0 amide bonds. The molecule has 2 heterocycles. The molecule has 1 aliphatic rings. The molecule has 0 spiro atoms. The Balaban J connectivity index is 2.10. The maximum atomic E-state index is 6.18. The molecule has 0 N–H and O–H groups in total. The molecule has 0 fully saturated rings. The SMILES string of the molecule is CC(C)c1nc(-c2ccc3c(c2)OCO3)nc(Cl)c1Br. The third kappa shape index (κ3) is 2.36. The first-order chi connectivity index (χ1) is 9.56. The molecule has 2 aromatic rings. The molecule has 0 bridgehead atoms. The summed E-state index contributed by atoms with van der Waals surface area (Å²) in [4.78, 5) is 8.91. The molecule has 0 saturated carbocycles. The van der Waals surface area contributed by atoms with Gasteiger partial charge in [-0.1, -0.05) is 25.4 Å². The molecule has 3 rings (SSSR count). The van der Waals surface area contributed by atoms with Crippen LogP contribution in [0.15, 0.2) is 22.7 Å². The lowest BCUT2D eigenvalue weighted by molar-refractivity contribution is 0.174. The fourth-order valence-electron chi connectivity index (χ4n) is 1.98. The highest BCUT2D eigenvalue weighted by Gasteiger charge is 2.18. The van der Waals surface area contributed by atoms with Gasteiger partial charge in [0.25, 0.3) is 0 Å². The predicted molar refractivity (Wildman–Crippen MR) is 80.4 cm³/mol. The molecule has 0 aliphatic carbocycles. The van der Waals surface area contributed by atoms with Gasteiger partial charge >= 0.3 is 0 Å². The lowest BCUT2D eigenvalue weighted by Gasteiger charge is -2.11. The average molecular weight is 356 g/mol. The average Bonchev–Trinajstić information content (AvgIpc) is 2.88.